The Morgan fingerprint density at radius 3 is 2.72 bits per heavy atom. The van der Waals surface area contributed by atoms with Crippen LogP contribution in [-0.4, -0.2) is 19.0 Å². The van der Waals surface area contributed by atoms with Gasteiger partial charge in [0.2, 0.25) is 5.91 Å². The summed E-state index contributed by atoms with van der Waals surface area (Å²) in [5.74, 6) is 1.44. The second kappa shape index (κ2) is 8.88. The van der Waals surface area contributed by atoms with Crippen molar-refractivity contribution in [3.63, 3.8) is 0 Å². The third kappa shape index (κ3) is 5.48. The maximum absolute atomic E-state index is 12.0. The molecule has 3 rings (SSSR count). The Morgan fingerprint density at radius 2 is 2.00 bits per heavy atom. The van der Waals surface area contributed by atoms with Crippen LogP contribution >= 0.6 is 11.6 Å². The Balaban J connectivity index is 1.45. The number of carbonyl (C=O) groups is 1. The van der Waals surface area contributed by atoms with Crippen LogP contribution in [0.3, 0.4) is 0 Å². The summed E-state index contributed by atoms with van der Waals surface area (Å²) in [5, 5.41) is 6.96. The van der Waals surface area contributed by atoms with Crippen molar-refractivity contribution in [3.8, 4) is 5.75 Å². The number of anilines is 1. The summed E-state index contributed by atoms with van der Waals surface area (Å²) in [4.78, 5) is 12.0. The topological polar surface area (TPSA) is 50.4 Å². The van der Waals surface area contributed by atoms with Gasteiger partial charge in [0.1, 0.15) is 12.4 Å². The summed E-state index contributed by atoms with van der Waals surface area (Å²) in [5.41, 5.74) is 1.74. The van der Waals surface area contributed by atoms with Crippen LogP contribution in [0.15, 0.2) is 48.5 Å². The molecule has 0 aromatic heterocycles. The van der Waals surface area contributed by atoms with Gasteiger partial charge in [-0.1, -0.05) is 29.8 Å². The van der Waals surface area contributed by atoms with E-state index in [-0.39, 0.29) is 5.91 Å². The van der Waals surface area contributed by atoms with E-state index in [0.29, 0.717) is 24.0 Å². The largest absolute Gasteiger partial charge is 0.489 e. The van der Waals surface area contributed by atoms with Crippen LogP contribution in [0.1, 0.15) is 24.8 Å². The summed E-state index contributed by atoms with van der Waals surface area (Å²) in [6.07, 6.45) is 2.68. The average Bonchev–Trinajstić information content (AvgIpc) is 3.14. The molecule has 2 aromatic carbocycles. The number of carbonyl (C=O) groups excluding carboxylic acids is 1. The zero-order valence-electron chi connectivity index (χ0n) is 14.1. The highest BCUT2D eigenvalue weighted by atomic mass is 35.5. The van der Waals surface area contributed by atoms with Crippen molar-refractivity contribution < 1.29 is 9.53 Å². The quantitative estimate of drug-likeness (QED) is 0.778. The smallest absolute Gasteiger partial charge is 0.224 e. The molecular weight excluding hydrogens is 336 g/mol. The van der Waals surface area contributed by atoms with E-state index in [1.807, 2.05) is 48.5 Å². The second-order valence-corrected chi connectivity index (χ2v) is 6.76. The number of amides is 1. The summed E-state index contributed by atoms with van der Waals surface area (Å²) in [6.45, 7) is 2.52. The lowest BCUT2D eigenvalue weighted by Gasteiger charge is -2.10. The molecule has 0 saturated carbocycles. The van der Waals surface area contributed by atoms with E-state index in [0.717, 1.165) is 36.5 Å². The molecular formula is C20H23ClN2O2. The summed E-state index contributed by atoms with van der Waals surface area (Å²) in [7, 11) is 0. The molecule has 1 saturated heterocycles. The van der Waals surface area contributed by atoms with Gasteiger partial charge in [-0.2, -0.15) is 0 Å². The van der Waals surface area contributed by atoms with Crippen molar-refractivity contribution in [2.75, 3.05) is 18.4 Å². The van der Waals surface area contributed by atoms with Gasteiger partial charge in [-0.25, -0.2) is 0 Å². The molecule has 5 heteroatoms. The van der Waals surface area contributed by atoms with Crippen molar-refractivity contribution in [1.29, 1.82) is 0 Å². The van der Waals surface area contributed by atoms with Crippen molar-refractivity contribution >= 4 is 23.2 Å². The molecule has 0 bridgehead atoms. The molecule has 1 amide bonds. The Morgan fingerprint density at radius 1 is 1.20 bits per heavy atom. The number of hydrogen-bond acceptors (Lipinski definition) is 3. The standard InChI is InChI=1S/C20H23ClN2O2/c21-19-4-2-1-3-16(19)14-25-18-8-6-17(7-9-18)23-20(24)10-5-15-11-12-22-13-15/h1-4,6-9,15,22H,5,10-14H2,(H,23,24). The van der Waals surface area contributed by atoms with Gasteiger partial charge < -0.3 is 15.4 Å². The van der Waals surface area contributed by atoms with Gasteiger partial charge >= 0.3 is 0 Å². The lowest BCUT2D eigenvalue weighted by molar-refractivity contribution is -0.116. The van der Waals surface area contributed by atoms with Crippen LogP contribution in [0.2, 0.25) is 5.02 Å². The fourth-order valence-corrected chi connectivity index (χ4v) is 3.12. The first kappa shape index (κ1) is 17.8. The minimum Gasteiger partial charge on any atom is -0.489 e. The highest BCUT2D eigenvalue weighted by Gasteiger charge is 2.15. The van der Waals surface area contributed by atoms with Crippen LogP contribution in [0.25, 0.3) is 0 Å². The number of benzene rings is 2. The highest BCUT2D eigenvalue weighted by Crippen LogP contribution is 2.21. The van der Waals surface area contributed by atoms with Crippen LogP contribution in [-0.2, 0) is 11.4 Å². The molecule has 0 spiro atoms. The number of ether oxygens (including phenoxy) is 1. The van der Waals surface area contributed by atoms with Gasteiger partial charge in [0.15, 0.2) is 0 Å². The predicted molar refractivity (Wildman–Crippen MR) is 101 cm³/mol. The summed E-state index contributed by atoms with van der Waals surface area (Å²) >= 11 is 6.12. The molecule has 4 nitrogen and oxygen atoms in total. The second-order valence-electron chi connectivity index (χ2n) is 6.35. The summed E-state index contributed by atoms with van der Waals surface area (Å²) in [6, 6.07) is 15.0. The van der Waals surface area contributed by atoms with E-state index < -0.39 is 0 Å². The Kier molecular flexibility index (Phi) is 6.31. The fourth-order valence-electron chi connectivity index (χ4n) is 2.93. The zero-order valence-corrected chi connectivity index (χ0v) is 14.9. The molecule has 1 heterocycles. The van der Waals surface area contributed by atoms with Crippen molar-refractivity contribution in [3.05, 3.63) is 59.1 Å². The number of halogens is 1. The maximum Gasteiger partial charge on any atom is 0.224 e. The Hall–Kier alpha value is -2.04. The van der Waals surface area contributed by atoms with Crippen molar-refractivity contribution in [2.45, 2.75) is 25.9 Å². The Bertz CT molecular complexity index is 697. The van der Waals surface area contributed by atoms with E-state index in [1.54, 1.807) is 0 Å². The normalized spacial score (nSPS) is 16.6. The highest BCUT2D eigenvalue weighted by molar-refractivity contribution is 6.31. The van der Waals surface area contributed by atoms with E-state index >= 15 is 0 Å². The van der Waals surface area contributed by atoms with Crippen LogP contribution in [0.4, 0.5) is 5.69 Å². The SMILES string of the molecule is O=C(CCC1CCNC1)Nc1ccc(OCc2ccccc2Cl)cc1. The van der Waals surface area contributed by atoms with Gasteiger partial charge in [0.25, 0.3) is 0 Å². The number of rotatable bonds is 7. The first-order valence-corrected chi connectivity index (χ1v) is 9.05. The van der Waals surface area contributed by atoms with Crippen LogP contribution in [0, 0.1) is 5.92 Å². The Labute approximate surface area is 153 Å². The minimum absolute atomic E-state index is 0.0663. The first-order valence-electron chi connectivity index (χ1n) is 8.67. The summed E-state index contributed by atoms with van der Waals surface area (Å²) < 4.78 is 5.74. The van der Waals surface area contributed by atoms with Gasteiger partial charge in [0, 0.05) is 22.7 Å². The molecule has 2 aromatic rings. The monoisotopic (exact) mass is 358 g/mol. The molecule has 2 N–H and O–H groups in total. The molecule has 132 valence electrons. The van der Waals surface area contributed by atoms with Crippen molar-refractivity contribution in [1.82, 2.24) is 5.32 Å². The van der Waals surface area contributed by atoms with E-state index in [4.69, 9.17) is 16.3 Å². The van der Waals surface area contributed by atoms with Gasteiger partial charge in [-0.15, -0.1) is 0 Å². The number of hydrogen-bond donors (Lipinski definition) is 2. The molecule has 1 aliphatic rings. The molecule has 1 aliphatic heterocycles. The fraction of sp³-hybridized carbons (Fsp3) is 0.350. The van der Waals surface area contributed by atoms with Crippen LogP contribution in [0.5, 0.6) is 5.75 Å². The van der Waals surface area contributed by atoms with E-state index in [1.165, 1.54) is 6.42 Å². The van der Waals surface area contributed by atoms with Crippen molar-refractivity contribution in [2.24, 2.45) is 5.92 Å². The predicted octanol–water partition coefficient (Wildman–Crippen LogP) is 4.25. The molecule has 1 unspecified atom stereocenters. The maximum atomic E-state index is 12.0. The number of nitrogens with one attached hydrogen (secondary N) is 2. The lowest BCUT2D eigenvalue weighted by Crippen LogP contribution is -2.14. The molecule has 0 radical (unpaired) electrons. The minimum atomic E-state index is 0.0663. The average molecular weight is 359 g/mol. The van der Waals surface area contributed by atoms with Gasteiger partial charge in [-0.05, 0) is 62.2 Å². The molecule has 1 fully saturated rings. The van der Waals surface area contributed by atoms with Gasteiger partial charge in [0.05, 0.1) is 0 Å². The van der Waals surface area contributed by atoms with E-state index in [9.17, 15) is 4.79 Å². The van der Waals surface area contributed by atoms with E-state index in [2.05, 4.69) is 10.6 Å². The molecule has 0 aliphatic carbocycles. The third-order valence-corrected chi connectivity index (χ3v) is 4.80. The molecule has 1 atom stereocenters. The van der Waals surface area contributed by atoms with Gasteiger partial charge in [-0.3, -0.25) is 4.79 Å². The first-order chi connectivity index (χ1) is 12.2. The zero-order chi connectivity index (χ0) is 17.5. The van der Waals surface area contributed by atoms with Crippen LogP contribution < -0.4 is 15.4 Å². The lowest BCUT2D eigenvalue weighted by atomic mass is 10.0. The third-order valence-electron chi connectivity index (χ3n) is 4.43. The molecule has 25 heavy (non-hydrogen) atoms.